The molecular formula is C25H19BO3. The SMILES string of the molecule is C=CC1=C(C=C)C2(c3ccccc3O1)c1ccccc1-c1c(B(O)O)cccc12. The largest absolute Gasteiger partial charge is 0.489 e. The standard InChI is InChI=1S/C25H19BO3/c1-3-17-22(4-2)29-23-15-8-7-12-19(23)25(17)18-11-6-5-10-16(18)24-20(25)13-9-14-21(24)26(27)28/h3-15,27-28H,1-2H2. The summed E-state index contributed by atoms with van der Waals surface area (Å²) in [7, 11) is -1.57. The molecule has 3 aromatic carbocycles. The highest BCUT2D eigenvalue weighted by atomic mass is 16.5. The fourth-order valence-electron chi connectivity index (χ4n) is 4.93. The summed E-state index contributed by atoms with van der Waals surface area (Å²) in [6.45, 7) is 8.05. The first-order valence-corrected chi connectivity index (χ1v) is 9.51. The van der Waals surface area contributed by atoms with Crippen LogP contribution in [-0.4, -0.2) is 17.2 Å². The molecule has 4 heteroatoms. The van der Waals surface area contributed by atoms with Crippen LogP contribution in [0.5, 0.6) is 5.75 Å². The van der Waals surface area contributed by atoms with Crippen LogP contribution in [0.25, 0.3) is 11.1 Å². The van der Waals surface area contributed by atoms with Crippen LogP contribution in [0, 0.1) is 0 Å². The summed E-state index contributed by atoms with van der Waals surface area (Å²) in [5.74, 6) is 1.40. The smallest absolute Gasteiger partial charge is 0.457 e. The van der Waals surface area contributed by atoms with E-state index in [9.17, 15) is 10.0 Å². The normalized spacial score (nSPS) is 18.6. The summed E-state index contributed by atoms with van der Waals surface area (Å²) in [5, 5.41) is 20.2. The zero-order valence-electron chi connectivity index (χ0n) is 15.8. The maximum atomic E-state index is 10.1. The van der Waals surface area contributed by atoms with Gasteiger partial charge in [0.05, 0.1) is 5.41 Å². The molecule has 1 atom stereocenters. The Balaban J connectivity index is 2.03. The van der Waals surface area contributed by atoms with Gasteiger partial charge in [0.2, 0.25) is 0 Å². The molecule has 1 aliphatic carbocycles. The predicted molar refractivity (Wildman–Crippen MR) is 116 cm³/mol. The molecule has 0 radical (unpaired) electrons. The Hall–Kier alpha value is -3.34. The number of ether oxygens (including phenoxy) is 1. The minimum atomic E-state index is -1.57. The molecule has 2 N–H and O–H groups in total. The molecule has 2 aliphatic rings. The number of hydrogen-bond acceptors (Lipinski definition) is 3. The van der Waals surface area contributed by atoms with Crippen molar-refractivity contribution in [1.82, 2.24) is 0 Å². The van der Waals surface area contributed by atoms with Crippen LogP contribution in [-0.2, 0) is 5.41 Å². The molecule has 29 heavy (non-hydrogen) atoms. The minimum absolute atomic E-state index is 0.486. The van der Waals surface area contributed by atoms with Crippen LogP contribution < -0.4 is 10.2 Å². The van der Waals surface area contributed by atoms with E-state index in [0.717, 1.165) is 39.1 Å². The second-order valence-corrected chi connectivity index (χ2v) is 7.22. The average molecular weight is 378 g/mol. The zero-order valence-corrected chi connectivity index (χ0v) is 15.8. The molecule has 1 aliphatic heterocycles. The highest BCUT2D eigenvalue weighted by Crippen LogP contribution is 2.60. The van der Waals surface area contributed by atoms with E-state index in [1.807, 2.05) is 54.6 Å². The Morgan fingerprint density at radius 2 is 1.48 bits per heavy atom. The molecule has 3 nitrogen and oxygen atoms in total. The second kappa shape index (κ2) is 6.34. The van der Waals surface area contributed by atoms with Crippen LogP contribution in [0.2, 0.25) is 0 Å². The van der Waals surface area contributed by atoms with Gasteiger partial charge >= 0.3 is 7.12 Å². The van der Waals surface area contributed by atoms with Crippen molar-refractivity contribution in [1.29, 1.82) is 0 Å². The lowest BCUT2D eigenvalue weighted by atomic mass is 9.64. The Morgan fingerprint density at radius 1 is 0.793 bits per heavy atom. The third-order valence-electron chi connectivity index (χ3n) is 5.95. The fraction of sp³-hybridized carbons (Fsp3) is 0.0400. The summed E-state index contributed by atoms with van der Waals surface area (Å²) in [6, 6.07) is 21.7. The van der Waals surface area contributed by atoms with Gasteiger partial charge in [0.15, 0.2) is 0 Å². The van der Waals surface area contributed by atoms with Gasteiger partial charge in [0.25, 0.3) is 0 Å². The van der Waals surface area contributed by atoms with Crippen molar-refractivity contribution in [2.24, 2.45) is 0 Å². The maximum absolute atomic E-state index is 10.1. The predicted octanol–water partition coefficient (Wildman–Crippen LogP) is 3.70. The highest BCUT2D eigenvalue weighted by molar-refractivity contribution is 6.60. The summed E-state index contributed by atoms with van der Waals surface area (Å²) in [5.41, 5.74) is 5.57. The molecule has 1 spiro atoms. The van der Waals surface area contributed by atoms with Crippen molar-refractivity contribution in [3.8, 4) is 16.9 Å². The van der Waals surface area contributed by atoms with Crippen molar-refractivity contribution in [2.45, 2.75) is 5.41 Å². The highest BCUT2D eigenvalue weighted by Gasteiger charge is 2.51. The Bertz CT molecular complexity index is 1210. The van der Waals surface area contributed by atoms with Gasteiger partial charge in [-0.1, -0.05) is 79.9 Å². The van der Waals surface area contributed by atoms with Gasteiger partial charge in [-0.05, 0) is 39.9 Å². The van der Waals surface area contributed by atoms with Crippen molar-refractivity contribution in [3.05, 3.63) is 120 Å². The lowest BCUT2D eigenvalue weighted by Gasteiger charge is -2.39. The van der Waals surface area contributed by atoms with Crippen molar-refractivity contribution < 1.29 is 14.8 Å². The molecule has 5 rings (SSSR count). The number of fused-ring (bicyclic) bond motifs is 7. The van der Waals surface area contributed by atoms with Crippen molar-refractivity contribution >= 4 is 12.6 Å². The van der Waals surface area contributed by atoms with Crippen LogP contribution in [0.4, 0.5) is 0 Å². The molecule has 3 aromatic rings. The number of hydrogen-bond donors (Lipinski definition) is 2. The monoisotopic (exact) mass is 378 g/mol. The van der Waals surface area contributed by atoms with Gasteiger partial charge in [-0.2, -0.15) is 0 Å². The van der Waals surface area contributed by atoms with Crippen molar-refractivity contribution in [2.75, 3.05) is 0 Å². The van der Waals surface area contributed by atoms with E-state index < -0.39 is 12.5 Å². The van der Waals surface area contributed by atoms with E-state index in [-0.39, 0.29) is 0 Å². The second-order valence-electron chi connectivity index (χ2n) is 7.22. The summed E-state index contributed by atoms with van der Waals surface area (Å²) < 4.78 is 6.17. The van der Waals surface area contributed by atoms with E-state index in [2.05, 4.69) is 25.3 Å². The van der Waals surface area contributed by atoms with Crippen LogP contribution >= 0.6 is 0 Å². The van der Waals surface area contributed by atoms with Gasteiger partial charge in [0.1, 0.15) is 11.5 Å². The molecule has 0 amide bonds. The van der Waals surface area contributed by atoms with Gasteiger partial charge < -0.3 is 14.8 Å². The molecule has 0 saturated carbocycles. The van der Waals surface area contributed by atoms with Gasteiger partial charge in [-0.3, -0.25) is 0 Å². The number of para-hydroxylation sites is 1. The van der Waals surface area contributed by atoms with Gasteiger partial charge in [-0.15, -0.1) is 0 Å². The molecule has 0 aromatic heterocycles. The first-order valence-electron chi connectivity index (χ1n) is 9.51. The van der Waals surface area contributed by atoms with Gasteiger partial charge in [-0.25, -0.2) is 0 Å². The summed E-state index contributed by atoms with van der Waals surface area (Å²) >= 11 is 0. The Labute approximate surface area is 170 Å². The fourth-order valence-corrected chi connectivity index (χ4v) is 4.93. The zero-order chi connectivity index (χ0) is 20.2. The van der Waals surface area contributed by atoms with E-state index in [0.29, 0.717) is 11.2 Å². The first-order chi connectivity index (χ1) is 14.1. The van der Waals surface area contributed by atoms with Crippen LogP contribution in [0.15, 0.2) is 103 Å². The molecule has 1 heterocycles. The molecule has 140 valence electrons. The Morgan fingerprint density at radius 3 is 2.21 bits per heavy atom. The van der Waals surface area contributed by atoms with Gasteiger partial charge in [0, 0.05) is 11.1 Å². The van der Waals surface area contributed by atoms with E-state index in [1.165, 1.54) is 0 Å². The maximum Gasteiger partial charge on any atom is 0.489 e. The number of allylic oxidation sites excluding steroid dienone is 3. The molecule has 0 saturated heterocycles. The minimum Gasteiger partial charge on any atom is -0.457 e. The first kappa shape index (κ1) is 17.7. The third kappa shape index (κ3) is 2.16. The topological polar surface area (TPSA) is 49.7 Å². The lowest BCUT2D eigenvalue weighted by molar-refractivity contribution is 0.403. The number of rotatable bonds is 3. The average Bonchev–Trinajstić information content (AvgIpc) is 3.05. The third-order valence-corrected chi connectivity index (χ3v) is 5.95. The van der Waals surface area contributed by atoms with Crippen LogP contribution in [0.3, 0.4) is 0 Å². The summed E-state index contributed by atoms with van der Waals surface area (Å²) in [6.07, 6.45) is 3.53. The van der Waals surface area contributed by atoms with Crippen LogP contribution in [0.1, 0.15) is 16.7 Å². The number of benzene rings is 3. The molecule has 0 fully saturated rings. The van der Waals surface area contributed by atoms with Crippen molar-refractivity contribution in [3.63, 3.8) is 0 Å². The summed E-state index contributed by atoms with van der Waals surface area (Å²) in [4.78, 5) is 0. The van der Waals surface area contributed by atoms with E-state index in [4.69, 9.17) is 4.74 Å². The Kier molecular flexibility index (Phi) is 3.88. The molecule has 0 bridgehead atoms. The quantitative estimate of drug-likeness (QED) is 0.684. The lowest BCUT2D eigenvalue weighted by Crippen LogP contribution is -2.36. The molecule has 1 unspecified atom stereocenters. The molecular weight excluding hydrogens is 359 g/mol. The van der Waals surface area contributed by atoms with E-state index >= 15 is 0 Å². The van der Waals surface area contributed by atoms with E-state index in [1.54, 1.807) is 12.1 Å².